The first-order chi connectivity index (χ1) is 11.2. The first-order valence-corrected chi connectivity index (χ1v) is 8.21. The molecule has 1 saturated carbocycles. The van der Waals surface area contributed by atoms with Gasteiger partial charge in [0, 0.05) is 11.6 Å². The summed E-state index contributed by atoms with van der Waals surface area (Å²) in [6.07, 6.45) is 4.37. The summed E-state index contributed by atoms with van der Waals surface area (Å²) in [5.74, 6) is 1.87. The molecule has 24 heavy (non-hydrogen) atoms. The van der Waals surface area contributed by atoms with Gasteiger partial charge >= 0.3 is 0 Å². The Hall–Kier alpha value is -1.66. The van der Waals surface area contributed by atoms with Gasteiger partial charge in [0.15, 0.2) is 11.5 Å². The number of hydrogen-bond acceptors (Lipinski definition) is 5. The number of carbonyl (C=O) groups is 1. The molecule has 2 atom stereocenters. The maximum absolute atomic E-state index is 12.6. The minimum atomic E-state index is -0.120. The Labute approximate surface area is 148 Å². The molecule has 0 saturated heterocycles. The number of nitrogens with two attached hydrogens (primary N) is 1. The fourth-order valence-electron chi connectivity index (χ4n) is 3.34. The Balaban J connectivity index is 0.00000208. The Morgan fingerprint density at radius 3 is 2.79 bits per heavy atom. The Morgan fingerprint density at radius 2 is 2.04 bits per heavy atom. The van der Waals surface area contributed by atoms with E-state index in [1.54, 1.807) is 19.2 Å². The van der Waals surface area contributed by atoms with Crippen LogP contribution < -0.4 is 25.3 Å². The highest BCUT2D eigenvalue weighted by atomic mass is 35.5. The third-order valence-electron chi connectivity index (χ3n) is 4.62. The second-order valence-electron chi connectivity index (χ2n) is 6.06. The van der Waals surface area contributed by atoms with E-state index in [1.807, 2.05) is 0 Å². The van der Waals surface area contributed by atoms with Gasteiger partial charge in [-0.15, -0.1) is 12.4 Å². The molecule has 0 radical (unpaired) electrons. The third-order valence-corrected chi connectivity index (χ3v) is 4.62. The summed E-state index contributed by atoms with van der Waals surface area (Å²) >= 11 is 0. The second kappa shape index (κ2) is 8.44. The highest BCUT2D eigenvalue weighted by molar-refractivity contribution is 5.95. The van der Waals surface area contributed by atoms with E-state index in [0.717, 1.165) is 19.3 Å². The summed E-state index contributed by atoms with van der Waals surface area (Å²) in [5.41, 5.74) is 6.36. The molecule has 1 fully saturated rings. The molecule has 1 aromatic rings. The summed E-state index contributed by atoms with van der Waals surface area (Å²) in [4.78, 5) is 12.6. The standard InChI is InChI=1S/C17H24N2O4.ClH/c1-21-14-8-12(9-15-16(14)23-7-6-22-15)17(20)19-13-5-3-2-4-11(13)10-18;/h8-9,11,13H,2-7,10,18H2,1H3,(H,19,20);1H. The van der Waals surface area contributed by atoms with Crippen molar-refractivity contribution >= 4 is 18.3 Å². The summed E-state index contributed by atoms with van der Waals surface area (Å²) in [7, 11) is 1.56. The van der Waals surface area contributed by atoms with Crippen molar-refractivity contribution in [3.8, 4) is 17.2 Å². The zero-order valence-corrected chi connectivity index (χ0v) is 14.7. The largest absolute Gasteiger partial charge is 0.493 e. The Kier molecular flexibility index (Phi) is 6.57. The van der Waals surface area contributed by atoms with Crippen LogP contribution in [0, 0.1) is 5.92 Å². The summed E-state index contributed by atoms with van der Waals surface area (Å²) in [6, 6.07) is 3.55. The van der Waals surface area contributed by atoms with Gasteiger partial charge in [-0.3, -0.25) is 4.79 Å². The molecule has 2 unspecified atom stereocenters. The molecule has 134 valence electrons. The fourth-order valence-corrected chi connectivity index (χ4v) is 3.34. The van der Waals surface area contributed by atoms with Crippen molar-refractivity contribution in [1.29, 1.82) is 0 Å². The van der Waals surface area contributed by atoms with E-state index in [1.165, 1.54) is 6.42 Å². The lowest BCUT2D eigenvalue weighted by Gasteiger charge is -2.31. The molecule has 1 aromatic carbocycles. The number of fused-ring (bicyclic) bond motifs is 1. The molecule has 3 rings (SSSR count). The summed E-state index contributed by atoms with van der Waals surface area (Å²) in [6.45, 7) is 1.56. The van der Waals surface area contributed by atoms with E-state index in [9.17, 15) is 4.79 Å². The molecule has 1 aliphatic carbocycles. The van der Waals surface area contributed by atoms with Crippen molar-refractivity contribution in [3.63, 3.8) is 0 Å². The SMILES string of the molecule is COc1cc(C(=O)NC2CCCCC2CN)cc2c1OCCO2.Cl. The molecular weight excluding hydrogens is 332 g/mol. The molecule has 1 heterocycles. The zero-order chi connectivity index (χ0) is 16.2. The number of nitrogens with one attached hydrogen (secondary N) is 1. The quantitative estimate of drug-likeness (QED) is 0.863. The lowest BCUT2D eigenvalue weighted by Crippen LogP contribution is -2.44. The van der Waals surface area contributed by atoms with E-state index >= 15 is 0 Å². The van der Waals surface area contributed by atoms with E-state index in [4.69, 9.17) is 19.9 Å². The van der Waals surface area contributed by atoms with Gasteiger partial charge in [-0.05, 0) is 37.4 Å². The van der Waals surface area contributed by atoms with Gasteiger partial charge in [0.05, 0.1) is 7.11 Å². The number of carbonyl (C=O) groups excluding carboxylic acids is 1. The van der Waals surface area contributed by atoms with Gasteiger partial charge in [0.2, 0.25) is 5.75 Å². The van der Waals surface area contributed by atoms with Crippen molar-refractivity contribution < 1.29 is 19.0 Å². The van der Waals surface area contributed by atoms with Gasteiger partial charge in [0.25, 0.3) is 5.91 Å². The van der Waals surface area contributed by atoms with Crippen molar-refractivity contribution in [2.75, 3.05) is 26.9 Å². The molecular formula is C17H25ClN2O4. The normalized spacial score (nSPS) is 22.2. The average molecular weight is 357 g/mol. The van der Waals surface area contributed by atoms with Crippen LogP contribution in [0.2, 0.25) is 0 Å². The smallest absolute Gasteiger partial charge is 0.251 e. The van der Waals surface area contributed by atoms with Crippen LogP contribution >= 0.6 is 12.4 Å². The third kappa shape index (κ3) is 3.87. The van der Waals surface area contributed by atoms with Crippen LogP contribution in [-0.2, 0) is 0 Å². The molecule has 1 amide bonds. The minimum Gasteiger partial charge on any atom is -0.493 e. The van der Waals surface area contributed by atoms with Crippen LogP contribution in [0.1, 0.15) is 36.0 Å². The Morgan fingerprint density at radius 1 is 1.29 bits per heavy atom. The average Bonchev–Trinajstić information content (AvgIpc) is 2.61. The van der Waals surface area contributed by atoms with Gasteiger partial charge in [0.1, 0.15) is 13.2 Å². The number of benzene rings is 1. The fraction of sp³-hybridized carbons (Fsp3) is 0.588. The van der Waals surface area contributed by atoms with Crippen molar-refractivity contribution in [3.05, 3.63) is 17.7 Å². The first-order valence-electron chi connectivity index (χ1n) is 8.21. The van der Waals surface area contributed by atoms with Crippen molar-refractivity contribution in [1.82, 2.24) is 5.32 Å². The maximum Gasteiger partial charge on any atom is 0.251 e. The van der Waals surface area contributed by atoms with Crippen LogP contribution in [0.15, 0.2) is 12.1 Å². The maximum atomic E-state index is 12.6. The first kappa shape index (κ1) is 18.7. The molecule has 0 bridgehead atoms. The van der Waals surface area contributed by atoms with Crippen LogP contribution in [-0.4, -0.2) is 38.8 Å². The van der Waals surface area contributed by atoms with Gasteiger partial charge in [-0.25, -0.2) is 0 Å². The van der Waals surface area contributed by atoms with Gasteiger partial charge in [-0.2, -0.15) is 0 Å². The number of halogens is 1. The van der Waals surface area contributed by atoms with Gasteiger partial charge in [-0.1, -0.05) is 12.8 Å². The predicted molar refractivity (Wildman–Crippen MR) is 93.5 cm³/mol. The van der Waals surface area contributed by atoms with E-state index < -0.39 is 0 Å². The lowest BCUT2D eigenvalue weighted by molar-refractivity contribution is 0.0906. The molecule has 0 spiro atoms. The summed E-state index contributed by atoms with van der Waals surface area (Å²) in [5, 5.41) is 3.12. The highest BCUT2D eigenvalue weighted by Crippen LogP contribution is 2.40. The van der Waals surface area contributed by atoms with Gasteiger partial charge < -0.3 is 25.3 Å². The van der Waals surface area contributed by atoms with Crippen LogP contribution in [0.3, 0.4) is 0 Å². The van der Waals surface area contributed by atoms with E-state index in [0.29, 0.717) is 48.5 Å². The van der Waals surface area contributed by atoms with Crippen LogP contribution in [0.4, 0.5) is 0 Å². The second-order valence-corrected chi connectivity index (χ2v) is 6.06. The molecule has 7 heteroatoms. The van der Waals surface area contributed by atoms with Crippen molar-refractivity contribution in [2.24, 2.45) is 11.7 Å². The lowest BCUT2D eigenvalue weighted by atomic mass is 9.84. The zero-order valence-electron chi connectivity index (χ0n) is 13.9. The molecule has 1 aliphatic heterocycles. The number of hydrogen-bond donors (Lipinski definition) is 2. The topological polar surface area (TPSA) is 82.8 Å². The summed E-state index contributed by atoms with van der Waals surface area (Å²) < 4.78 is 16.5. The number of amides is 1. The molecule has 6 nitrogen and oxygen atoms in total. The van der Waals surface area contributed by atoms with E-state index in [2.05, 4.69) is 5.32 Å². The molecule has 3 N–H and O–H groups in total. The van der Waals surface area contributed by atoms with Crippen molar-refractivity contribution in [2.45, 2.75) is 31.7 Å². The highest BCUT2D eigenvalue weighted by Gasteiger charge is 2.27. The Bertz CT molecular complexity index is 565. The van der Waals surface area contributed by atoms with E-state index in [-0.39, 0.29) is 24.4 Å². The van der Waals surface area contributed by atoms with Crippen LogP contribution in [0.5, 0.6) is 17.2 Å². The number of rotatable bonds is 4. The molecule has 0 aromatic heterocycles. The monoisotopic (exact) mass is 356 g/mol. The minimum absolute atomic E-state index is 0. The molecule has 2 aliphatic rings. The van der Waals surface area contributed by atoms with Crippen LogP contribution in [0.25, 0.3) is 0 Å². The number of methoxy groups -OCH3 is 1. The number of ether oxygens (including phenoxy) is 3. The predicted octanol–water partition coefficient (Wildman–Crippen LogP) is 2.14.